The molecule has 106 valence electrons. The topological polar surface area (TPSA) is 29.5 Å². The lowest BCUT2D eigenvalue weighted by Gasteiger charge is -2.41. The zero-order chi connectivity index (χ0) is 13.7. The Balaban J connectivity index is 2.08. The highest BCUT2D eigenvalue weighted by Crippen LogP contribution is 2.36. The highest BCUT2D eigenvalue weighted by atomic mass is 79.9. The number of benzene rings is 1. The monoisotopic (exact) mass is 326 g/mol. The first-order valence-corrected chi connectivity index (χ1v) is 8.02. The minimum Gasteiger partial charge on any atom is -0.390 e. The molecule has 0 heterocycles. The van der Waals surface area contributed by atoms with E-state index >= 15 is 0 Å². The SMILES string of the molecule is CCOC1(C(O)Cc2cccc(Br)c2)CCCCC1. The van der Waals surface area contributed by atoms with Crippen LogP contribution in [-0.4, -0.2) is 23.4 Å². The van der Waals surface area contributed by atoms with Crippen LogP contribution in [-0.2, 0) is 11.2 Å². The number of hydrogen-bond donors (Lipinski definition) is 1. The average molecular weight is 327 g/mol. The summed E-state index contributed by atoms with van der Waals surface area (Å²) in [7, 11) is 0. The van der Waals surface area contributed by atoms with Crippen molar-refractivity contribution >= 4 is 15.9 Å². The molecule has 0 bridgehead atoms. The van der Waals surface area contributed by atoms with Crippen molar-refractivity contribution in [3.05, 3.63) is 34.3 Å². The first-order valence-electron chi connectivity index (χ1n) is 7.23. The number of aliphatic hydroxyl groups excluding tert-OH is 1. The molecule has 1 aromatic rings. The van der Waals surface area contributed by atoms with Crippen molar-refractivity contribution in [3.63, 3.8) is 0 Å². The molecule has 0 aliphatic heterocycles. The van der Waals surface area contributed by atoms with Crippen molar-refractivity contribution in [2.45, 2.75) is 57.2 Å². The molecule has 0 radical (unpaired) electrons. The quantitative estimate of drug-likeness (QED) is 0.882. The van der Waals surface area contributed by atoms with Crippen molar-refractivity contribution in [1.29, 1.82) is 0 Å². The van der Waals surface area contributed by atoms with Crippen LogP contribution in [0.25, 0.3) is 0 Å². The molecule has 3 heteroatoms. The van der Waals surface area contributed by atoms with E-state index in [2.05, 4.69) is 28.1 Å². The molecule has 1 aromatic carbocycles. The van der Waals surface area contributed by atoms with Gasteiger partial charge in [-0.15, -0.1) is 0 Å². The summed E-state index contributed by atoms with van der Waals surface area (Å²) in [6.07, 6.45) is 5.80. The third kappa shape index (κ3) is 3.80. The second kappa shape index (κ2) is 6.87. The van der Waals surface area contributed by atoms with Crippen LogP contribution in [0.3, 0.4) is 0 Å². The highest BCUT2D eigenvalue weighted by Gasteiger charge is 2.39. The predicted molar refractivity (Wildman–Crippen MR) is 81.3 cm³/mol. The van der Waals surface area contributed by atoms with E-state index in [9.17, 15) is 5.11 Å². The largest absolute Gasteiger partial charge is 0.390 e. The Morgan fingerprint density at radius 2 is 2.05 bits per heavy atom. The lowest BCUT2D eigenvalue weighted by atomic mass is 9.78. The third-order valence-corrected chi connectivity index (χ3v) is 4.55. The predicted octanol–water partition coefficient (Wildman–Crippen LogP) is 4.09. The van der Waals surface area contributed by atoms with Gasteiger partial charge >= 0.3 is 0 Å². The van der Waals surface area contributed by atoms with Crippen molar-refractivity contribution in [2.24, 2.45) is 0 Å². The summed E-state index contributed by atoms with van der Waals surface area (Å²) in [6.45, 7) is 2.69. The molecule has 1 fully saturated rings. The van der Waals surface area contributed by atoms with Gasteiger partial charge in [-0.05, 0) is 37.5 Å². The molecule has 2 rings (SSSR count). The lowest BCUT2D eigenvalue weighted by molar-refractivity contribution is -0.138. The van der Waals surface area contributed by atoms with E-state index in [0.29, 0.717) is 13.0 Å². The molecular weight excluding hydrogens is 304 g/mol. The maximum atomic E-state index is 10.7. The Hall–Kier alpha value is -0.380. The molecule has 0 aromatic heterocycles. The first-order chi connectivity index (χ1) is 9.16. The molecule has 1 aliphatic rings. The zero-order valence-corrected chi connectivity index (χ0v) is 13.2. The van der Waals surface area contributed by atoms with Crippen molar-refractivity contribution < 1.29 is 9.84 Å². The van der Waals surface area contributed by atoms with Crippen molar-refractivity contribution in [1.82, 2.24) is 0 Å². The number of aliphatic hydroxyl groups is 1. The number of hydrogen-bond acceptors (Lipinski definition) is 2. The number of rotatable bonds is 5. The Morgan fingerprint density at radius 1 is 1.32 bits per heavy atom. The third-order valence-electron chi connectivity index (χ3n) is 4.06. The van der Waals surface area contributed by atoms with E-state index in [0.717, 1.165) is 35.7 Å². The lowest BCUT2D eigenvalue weighted by Crippen LogP contribution is -2.47. The summed E-state index contributed by atoms with van der Waals surface area (Å²) in [4.78, 5) is 0. The van der Waals surface area contributed by atoms with Crippen molar-refractivity contribution in [3.8, 4) is 0 Å². The van der Waals surface area contributed by atoms with E-state index in [1.54, 1.807) is 0 Å². The van der Waals surface area contributed by atoms with Gasteiger partial charge in [0.25, 0.3) is 0 Å². The zero-order valence-electron chi connectivity index (χ0n) is 11.6. The molecule has 1 saturated carbocycles. The van der Waals surface area contributed by atoms with E-state index in [1.807, 2.05) is 19.1 Å². The Labute approximate surface area is 124 Å². The summed E-state index contributed by atoms with van der Waals surface area (Å²) in [6, 6.07) is 8.16. The molecule has 0 saturated heterocycles. The standard InChI is InChI=1S/C16H23BrO2/c1-2-19-16(9-4-3-5-10-16)15(18)12-13-7-6-8-14(17)11-13/h6-8,11,15,18H,2-5,9-10,12H2,1H3. The molecule has 19 heavy (non-hydrogen) atoms. The van der Waals surface area contributed by atoms with Crippen LogP contribution in [0.5, 0.6) is 0 Å². The molecule has 0 spiro atoms. The van der Waals surface area contributed by atoms with Crippen molar-refractivity contribution in [2.75, 3.05) is 6.61 Å². The van der Waals surface area contributed by atoms with Gasteiger partial charge in [0.05, 0.1) is 11.7 Å². The van der Waals surface area contributed by atoms with Gasteiger partial charge < -0.3 is 9.84 Å². The fourth-order valence-electron chi connectivity index (χ4n) is 3.08. The second-order valence-electron chi connectivity index (χ2n) is 5.41. The van der Waals surface area contributed by atoms with E-state index in [4.69, 9.17) is 4.74 Å². The second-order valence-corrected chi connectivity index (χ2v) is 6.32. The normalized spacial score (nSPS) is 20.2. The van der Waals surface area contributed by atoms with Crippen LogP contribution in [0.15, 0.2) is 28.7 Å². The maximum absolute atomic E-state index is 10.7. The van der Waals surface area contributed by atoms with Crippen LogP contribution in [0.1, 0.15) is 44.6 Å². The van der Waals surface area contributed by atoms with Gasteiger partial charge in [0.2, 0.25) is 0 Å². The van der Waals surface area contributed by atoms with Crippen LogP contribution in [0, 0.1) is 0 Å². The minimum absolute atomic E-state index is 0.324. The molecule has 2 nitrogen and oxygen atoms in total. The van der Waals surface area contributed by atoms with Crippen LogP contribution < -0.4 is 0 Å². The molecule has 1 aliphatic carbocycles. The van der Waals surface area contributed by atoms with E-state index in [1.165, 1.54) is 6.42 Å². The van der Waals surface area contributed by atoms with Gasteiger partial charge in [-0.2, -0.15) is 0 Å². The summed E-state index contributed by atoms with van der Waals surface area (Å²) < 4.78 is 7.03. The summed E-state index contributed by atoms with van der Waals surface area (Å²) >= 11 is 3.48. The maximum Gasteiger partial charge on any atom is 0.0943 e. The van der Waals surface area contributed by atoms with Crippen LogP contribution in [0.4, 0.5) is 0 Å². The Morgan fingerprint density at radius 3 is 2.68 bits per heavy atom. The highest BCUT2D eigenvalue weighted by molar-refractivity contribution is 9.10. The van der Waals surface area contributed by atoms with Gasteiger partial charge in [-0.3, -0.25) is 0 Å². The van der Waals surface area contributed by atoms with Gasteiger partial charge in [0.1, 0.15) is 0 Å². The minimum atomic E-state index is -0.415. The van der Waals surface area contributed by atoms with Crippen LogP contribution in [0.2, 0.25) is 0 Å². The molecule has 0 amide bonds. The smallest absolute Gasteiger partial charge is 0.0943 e. The summed E-state index contributed by atoms with van der Waals surface area (Å²) in [5.41, 5.74) is 0.835. The van der Waals surface area contributed by atoms with Gasteiger partial charge in [-0.1, -0.05) is 47.3 Å². The molecule has 1 atom stereocenters. The van der Waals surface area contributed by atoms with Gasteiger partial charge in [0, 0.05) is 17.5 Å². The molecular formula is C16H23BrO2. The molecule has 1 unspecified atom stereocenters. The van der Waals surface area contributed by atoms with E-state index < -0.39 is 6.10 Å². The Kier molecular flexibility index (Phi) is 5.43. The molecule has 1 N–H and O–H groups in total. The fourth-order valence-corrected chi connectivity index (χ4v) is 3.53. The number of halogens is 1. The van der Waals surface area contributed by atoms with Gasteiger partial charge in [-0.25, -0.2) is 0 Å². The van der Waals surface area contributed by atoms with E-state index in [-0.39, 0.29) is 5.60 Å². The average Bonchev–Trinajstić information content (AvgIpc) is 2.40. The van der Waals surface area contributed by atoms with Crippen LogP contribution >= 0.6 is 15.9 Å². The fraction of sp³-hybridized carbons (Fsp3) is 0.625. The summed E-state index contributed by atoms with van der Waals surface area (Å²) in [5, 5.41) is 10.7. The first kappa shape index (κ1) is 15.0. The van der Waals surface area contributed by atoms with Gasteiger partial charge in [0.15, 0.2) is 0 Å². The Bertz CT molecular complexity index is 394. The summed E-state index contributed by atoms with van der Waals surface area (Å²) in [5.74, 6) is 0. The number of ether oxygens (including phenoxy) is 1.